The second kappa shape index (κ2) is 12.6. The maximum atomic E-state index is 14.8. The molecule has 0 fully saturated rings. The van der Waals surface area contributed by atoms with E-state index in [1.807, 2.05) is 0 Å². The lowest BCUT2D eigenvalue weighted by Gasteiger charge is -2.21. The molecule has 0 spiro atoms. The van der Waals surface area contributed by atoms with Crippen molar-refractivity contribution in [3.05, 3.63) is 76.6 Å². The first-order chi connectivity index (χ1) is 18.7. The molecular weight excluding hydrogens is 563 g/mol. The van der Waals surface area contributed by atoms with Crippen LogP contribution in [-0.2, 0) is 26.0 Å². The van der Waals surface area contributed by atoms with E-state index in [2.05, 4.69) is 10.0 Å². The first kappa shape index (κ1) is 30.7. The number of hydrogen-bond acceptors (Lipinski definition) is 7. The van der Waals surface area contributed by atoms with Gasteiger partial charge in [0.25, 0.3) is 15.9 Å². The van der Waals surface area contributed by atoms with Gasteiger partial charge in [0.2, 0.25) is 0 Å². The standard InChI is InChI=1S/C28H30ClFN2O7S/c1-6-38-26(33)15-18-13-19(29)24(16-20(18)30)39-22-12-11-17(27(34)31-28(2,3)4)14-21(22)32-40(35,36)25-10-8-7-9-23(25)37-5/h7-14,16,32H,6,15H2,1-5H3,(H,31,34). The van der Waals surface area contributed by atoms with Crippen LogP contribution in [0.3, 0.4) is 0 Å². The van der Waals surface area contributed by atoms with Gasteiger partial charge in [-0.3, -0.25) is 14.3 Å². The minimum Gasteiger partial charge on any atom is -0.495 e. The molecule has 0 aliphatic rings. The van der Waals surface area contributed by atoms with Gasteiger partial charge in [-0.1, -0.05) is 23.7 Å². The number of anilines is 1. The van der Waals surface area contributed by atoms with Crippen molar-refractivity contribution in [2.24, 2.45) is 0 Å². The first-order valence-electron chi connectivity index (χ1n) is 12.2. The molecule has 0 radical (unpaired) electrons. The Morgan fingerprint density at radius 2 is 1.70 bits per heavy atom. The number of nitrogens with one attached hydrogen (secondary N) is 2. The largest absolute Gasteiger partial charge is 0.495 e. The normalized spacial score (nSPS) is 11.5. The molecule has 0 aliphatic heterocycles. The monoisotopic (exact) mass is 592 g/mol. The van der Waals surface area contributed by atoms with Gasteiger partial charge in [0.05, 0.1) is 30.8 Å². The highest BCUT2D eigenvalue weighted by atomic mass is 35.5. The van der Waals surface area contributed by atoms with Gasteiger partial charge in [0, 0.05) is 22.7 Å². The average Bonchev–Trinajstić information content (AvgIpc) is 2.86. The van der Waals surface area contributed by atoms with Crippen LogP contribution in [0.15, 0.2) is 59.5 Å². The number of ether oxygens (including phenoxy) is 3. The summed E-state index contributed by atoms with van der Waals surface area (Å²) in [5.74, 6) is -1.96. The number of sulfonamides is 1. The Kier molecular flexibility index (Phi) is 9.65. The predicted molar refractivity (Wildman–Crippen MR) is 149 cm³/mol. The van der Waals surface area contributed by atoms with Gasteiger partial charge >= 0.3 is 5.97 Å². The molecule has 3 aromatic rings. The Bertz CT molecular complexity index is 1520. The number of para-hydroxylation sites is 1. The molecule has 2 N–H and O–H groups in total. The minimum absolute atomic E-state index is 0.00194. The number of rotatable bonds is 10. The first-order valence-corrected chi connectivity index (χ1v) is 14.0. The Hall–Kier alpha value is -3.83. The SMILES string of the molecule is CCOC(=O)Cc1cc(Cl)c(Oc2ccc(C(=O)NC(C)(C)C)cc2NS(=O)(=O)c2ccccc2OC)cc1F. The zero-order valence-corrected chi connectivity index (χ0v) is 24.2. The summed E-state index contributed by atoms with van der Waals surface area (Å²) in [6, 6.07) is 12.3. The number of esters is 1. The fourth-order valence-electron chi connectivity index (χ4n) is 3.56. The predicted octanol–water partition coefficient (Wildman–Crippen LogP) is 5.71. The lowest BCUT2D eigenvalue weighted by atomic mass is 10.1. The minimum atomic E-state index is -4.24. The van der Waals surface area contributed by atoms with E-state index in [0.29, 0.717) is 0 Å². The number of hydrogen-bond donors (Lipinski definition) is 2. The summed E-state index contributed by atoms with van der Waals surface area (Å²) >= 11 is 6.32. The lowest BCUT2D eigenvalue weighted by molar-refractivity contribution is -0.142. The van der Waals surface area contributed by atoms with E-state index in [0.717, 1.165) is 6.07 Å². The molecule has 214 valence electrons. The molecular formula is C28H30ClFN2O7S. The molecule has 0 heterocycles. The second-order valence-corrected chi connectivity index (χ2v) is 11.7. The van der Waals surface area contributed by atoms with Crippen LogP contribution in [0.4, 0.5) is 10.1 Å². The zero-order chi connectivity index (χ0) is 29.7. The molecule has 0 aromatic heterocycles. The van der Waals surface area contributed by atoms with Crippen LogP contribution in [0.25, 0.3) is 0 Å². The van der Waals surface area contributed by atoms with Crippen molar-refractivity contribution in [1.82, 2.24) is 5.32 Å². The fourth-order valence-corrected chi connectivity index (χ4v) is 5.02. The van der Waals surface area contributed by atoms with Crippen LogP contribution in [0, 0.1) is 5.82 Å². The van der Waals surface area contributed by atoms with E-state index in [1.165, 1.54) is 49.6 Å². The van der Waals surface area contributed by atoms with Crippen molar-refractivity contribution < 1.29 is 36.6 Å². The van der Waals surface area contributed by atoms with Crippen LogP contribution in [0.5, 0.6) is 17.2 Å². The number of carbonyl (C=O) groups is 2. The van der Waals surface area contributed by atoms with Gasteiger partial charge in [-0.2, -0.15) is 0 Å². The summed E-state index contributed by atoms with van der Waals surface area (Å²) in [5.41, 5.74) is -0.525. The van der Waals surface area contributed by atoms with Gasteiger partial charge in [-0.05, 0) is 64.1 Å². The van der Waals surface area contributed by atoms with E-state index < -0.39 is 33.3 Å². The Balaban J connectivity index is 2.04. The van der Waals surface area contributed by atoms with Crippen molar-refractivity contribution in [2.45, 2.75) is 44.6 Å². The van der Waals surface area contributed by atoms with E-state index in [1.54, 1.807) is 33.8 Å². The molecule has 0 atom stereocenters. The lowest BCUT2D eigenvalue weighted by Crippen LogP contribution is -2.40. The van der Waals surface area contributed by atoms with Crippen molar-refractivity contribution in [3.63, 3.8) is 0 Å². The van der Waals surface area contributed by atoms with Crippen LogP contribution in [0.1, 0.15) is 43.6 Å². The smallest absolute Gasteiger partial charge is 0.310 e. The number of methoxy groups -OCH3 is 1. The quantitative estimate of drug-likeness (QED) is 0.289. The topological polar surface area (TPSA) is 120 Å². The van der Waals surface area contributed by atoms with Crippen molar-refractivity contribution >= 4 is 39.2 Å². The van der Waals surface area contributed by atoms with E-state index in [4.69, 9.17) is 25.8 Å². The molecule has 12 heteroatoms. The zero-order valence-electron chi connectivity index (χ0n) is 22.6. The molecule has 0 bridgehead atoms. The number of halogens is 2. The van der Waals surface area contributed by atoms with Crippen molar-refractivity contribution in [1.29, 1.82) is 0 Å². The molecule has 0 aliphatic carbocycles. The average molecular weight is 593 g/mol. The summed E-state index contributed by atoms with van der Waals surface area (Å²) in [6.45, 7) is 7.18. The van der Waals surface area contributed by atoms with Crippen LogP contribution in [0.2, 0.25) is 5.02 Å². The summed E-state index contributed by atoms with van der Waals surface area (Å²) in [7, 11) is -2.90. The van der Waals surface area contributed by atoms with E-state index in [-0.39, 0.29) is 57.0 Å². The highest BCUT2D eigenvalue weighted by Gasteiger charge is 2.24. The van der Waals surface area contributed by atoms with Crippen LogP contribution < -0.4 is 19.5 Å². The fraction of sp³-hybridized carbons (Fsp3) is 0.286. The van der Waals surface area contributed by atoms with Crippen molar-refractivity contribution in [2.75, 3.05) is 18.4 Å². The van der Waals surface area contributed by atoms with Gasteiger partial charge in [0.15, 0.2) is 5.75 Å². The molecule has 9 nitrogen and oxygen atoms in total. The van der Waals surface area contributed by atoms with Gasteiger partial charge in [-0.15, -0.1) is 0 Å². The highest BCUT2D eigenvalue weighted by Crippen LogP contribution is 2.37. The Labute approximate surface area is 237 Å². The van der Waals surface area contributed by atoms with Gasteiger partial charge < -0.3 is 19.5 Å². The summed E-state index contributed by atoms with van der Waals surface area (Å²) in [6.07, 6.45) is -0.332. The molecule has 40 heavy (non-hydrogen) atoms. The molecule has 0 saturated heterocycles. The summed E-state index contributed by atoms with van der Waals surface area (Å²) in [4.78, 5) is 24.5. The third-order valence-corrected chi connectivity index (χ3v) is 6.99. The Morgan fingerprint density at radius 1 is 1.00 bits per heavy atom. The number of amides is 1. The van der Waals surface area contributed by atoms with Crippen molar-refractivity contribution in [3.8, 4) is 17.2 Å². The van der Waals surface area contributed by atoms with E-state index >= 15 is 0 Å². The summed E-state index contributed by atoms with van der Waals surface area (Å²) in [5, 5.41) is 2.77. The highest BCUT2D eigenvalue weighted by molar-refractivity contribution is 7.92. The second-order valence-electron chi connectivity index (χ2n) is 9.63. The molecule has 1 amide bonds. The summed E-state index contributed by atoms with van der Waals surface area (Å²) < 4.78 is 59.8. The molecule has 0 saturated carbocycles. The van der Waals surface area contributed by atoms with E-state index in [9.17, 15) is 22.4 Å². The maximum absolute atomic E-state index is 14.8. The maximum Gasteiger partial charge on any atom is 0.310 e. The van der Waals surface area contributed by atoms with Gasteiger partial charge in [0.1, 0.15) is 22.2 Å². The van der Waals surface area contributed by atoms with Crippen LogP contribution in [-0.4, -0.2) is 39.5 Å². The van der Waals surface area contributed by atoms with Crippen LogP contribution >= 0.6 is 11.6 Å². The van der Waals surface area contributed by atoms with Gasteiger partial charge in [-0.25, -0.2) is 12.8 Å². The number of benzene rings is 3. The molecule has 0 unspecified atom stereocenters. The molecule has 3 aromatic carbocycles. The Morgan fingerprint density at radius 3 is 2.35 bits per heavy atom. The third-order valence-electron chi connectivity index (χ3n) is 5.29. The number of carbonyl (C=O) groups excluding carboxylic acids is 2. The molecule has 3 rings (SSSR count). The third kappa shape index (κ3) is 7.86.